The predicted octanol–water partition coefficient (Wildman–Crippen LogP) is 4.25. The molecule has 0 saturated heterocycles. The molecule has 0 bridgehead atoms. The molecule has 0 amide bonds. The smallest absolute Gasteiger partial charge is 0.263 e. The zero-order valence-corrected chi connectivity index (χ0v) is 16.4. The Bertz CT molecular complexity index is 1000. The van der Waals surface area contributed by atoms with Gasteiger partial charge in [0.05, 0.1) is 11.1 Å². The molecule has 132 valence electrons. The van der Waals surface area contributed by atoms with E-state index in [0.717, 1.165) is 50.1 Å². The zero-order chi connectivity index (χ0) is 17.6. The van der Waals surface area contributed by atoms with Gasteiger partial charge in [0.25, 0.3) is 5.56 Å². The quantitative estimate of drug-likeness (QED) is 0.504. The van der Waals surface area contributed by atoms with Gasteiger partial charge in [0.1, 0.15) is 10.6 Å². The SMILES string of the molecule is CCn1c(SCc2noc3c2CCCC3)nc2sc(C)c(C)c2c1=O. The fraction of sp³-hybridized carbons (Fsp3) is 0.500. The van der Waals surface area contributed by atoms with Crippen LogP contribution in [0.2, 0.25) is 0 Å². The van der Waals surface area contributed by atoms with Crippen LogP contribution >= 0.6 is 23.1 Å². The molecule has 0 radical (unpaired) electrons. The van der Waals surface area contributed by atoms with E-state index in [1.807, 2.05) is 20.8 Å². The second-order valence-corrected chi connectivity index (χ2v) is 8.58. The maximum atomic E-state index is 12.9. The standard InChI is InChI=1S/C18H21N3O2S2/c1-4-21-17(22)15-10(2)11(3)25-16(15)19-18(21)24-9-13-12-7-5-6-8-14(12)23-20-13/h4-9H2,1-3H3. The third kappa shape index (κ3) is 2.83. The van der Waals surface area contributed by atoms with Crippen LogP contribution in [0.15, 0.2) is 14.5 Å². The van der Waals surface area contributed by atoms with Gasteiger partial charge < -0.3 is 4.52 Å². The molecule has 0 N–H and O–H groups in total. The number of thiophene rings is 1. The van der Waals surface area contributed by atoms with E-state index in [9.17, 15) is 4.79 Å². The Morgan fingerprint density at radius 2 is 2.08 bits per heavy atom. The summed E-state index contributed by atoms with van der Waals surface area (Å²) in [5, 5.41) is 5.81. The van der Waals surface area contributed by atoms with Crippen LogP contribution in [0.1, 0.15) is 47.2 Å². The first kappa shape index (κ1) is 16.8. The van der Waals surface area contributed by atoms with Crippen LogP contribution in [0, 0.1) is 13.8 Å². The molecule has 0 aromatic carbocycles. The highest BCUT2D eigenvalue weighted by Gasteiger charge is 2.21. The minimum absolute atomic E-state index is 0.0685. The Morgan fingerprint density at radius 1 is 1.28 bits per heavy atom. The molecule has 0 aliphatic heterocycles. The van der Waals surface area contributed by atoms with Crippen LogP contribution in [-0.4, -0.2) is 14.7 Å². The lowest BCUT2D eigenvalue weighted by Crippen LogP contribution is -2.22. The molecule has 3 aromatic rings. The van der Waals surface area contributed by atoms with Crippen molar-refractivity contribution < 1.29 is 4.52 Å². The van der Waals surface area contributed by atoms with Crippen LogP contribution < -0.4 is 5.56 Å². The lowest BCUT2D eigenvalue weighted by molar-refractivity contribution is 0.369. The van der Waals surface area contributed by atoms with E-state index in [-0.39, 0.29) is 5.56 Å². The van der Waals surface area contributed by atoms with Gasteiger partial charge in [-0.05, 0) is 45.6 Å². The molecule has 1 aliphatic carbocycles. The van der Waals surface area contributed by atoms with Gasteiger partial charge in [0, 0.05) is 29.2 Å². The molecule has 25 heavy (non-hydrogen) atoms. The summed E-state index contributed by atoms with van der Waals surface area (Å²) in [7, 11) is 0. The second kappa shape index (κ2) is 6.61. The largest absolute Gasteiger partial charge is 0.361 e. The van der Waals surface area contributed by atoms with Crippen molar-refractivity contribution >= 4 is 33.3 Å². The first-order chi connectivity index (χ1) is 12.1. The van der Waals surface area contributed by atoms with Crippen LogP contribution in [0.4, 0.5) is 0 Å². The number of fused-ring (bicyclic) bond motifs is 2. The molecule has 3 heterocycles. The van der Waals surface area contributed by atoms with Crippen molar-refractivity contribution in [1.82, 2.24) is 14.7 Å². The highest BCUT2D eigenvalue weighted by molar-refractivity contribution is 7.98. The summed E-state index contributed by atoms with van der Waals surface area (Å²) in [5.41, 5.74) is 3.41. The lowest BCUT2D eigenvalue weighted by Gasteiger charge is -2.11. The van der Waals surface area contributed by atoms with Gasteiger partial charge in [-0.3, -0.25) is 9.36 Å². The van der Waals surface area contributed by atoms with Crippen LogP contribution in [0.25, 0.3) is 10.2 Å². The molecule has 0 saturated carbocycles. The molecule has 5 nitrogen and oxygen atoms in total. The Balaban J connectivity index is 1.69. The van der Waals surface area contributed by atoms with Crippen molar-refractivity contribution in [2.75, 3.05) is 0 Å². The van der Waals surface area contributed by atoms with Gasteiger partial charge in [0.2, 0.25) is 0 Å². The number of nitrogens with zero attached hydrogens (tertiary/aromatic N) is 3. The number of rotatable bonds is 4. The molecule has 1 aliphatic rings. The Morgan fingerprint density at radius 3 is 2.88 bits per heavy atom. The van der Waals surface area contributed by atoms with Gasteiger partial charge in [0.15, 0.2) is 5.16 Å². The molecular formula is C18H21N3O2S2. The van der Waals surface area contributed by atoms with Crippen molar-refractivity contribution in [3.63, 3.8) is 0 Å². The Labute approximate surface area is 154 Å². The van der Waals surface area contributed by atoms with Crippen molar-refractivity contribution in [2.24, 2.45) is 0 Å². The molecular weight excluding hydrogens is 354 g/mol. The van der Waals surface area contributed by atoms with Gasteiger partial charge in [-0.1, -0.05) is 16.9 Å². The van der Waals surface area contributed by atoms with Gasteiger partial charge in [-0.25, -0.2) is 4.98 Å². The number of aromatic nitrogens is 3. The Kier molecular flexibility index (Phi) is 4.45. The number of thioether (sulfide) groups is 1. The minimum Gasteiger partial charge on any atom is -0.361 e. The summed E-state index contributed by atoms with van der Waals surface area (Å²) in [6.45, 7) is 6.67. The first-order valence-electron chi connectivity index (χ1n) is 8.69. The zero-order valence-electron chi connectivity index (χ0n) is 14.7. The third-order valence-electron chi connectivity index (χ3n) is 4.94. The lowest BCUT2D eigenvalue weighted by atomic mass is 9.97. The molecule has 0 fully saturated rings. The molecule has 3 aromatic heterocycles. The fourth-order valence-electron chi connectivity index (χ4n) is 3.39. The van der Waals surface area contributed by atoms with Crippen LogP contribution in [-0.2, 0) is 25.1 Å². The second-order valence-electron chi connectivity index (χ2n) is 6.43. The summed E-state index contributed by atoms with van der Waals surface area (Å²) >= 11 is 3.18. The van der Waals surface area contributed by atoms with Crippen molar-refractivity contribution in [2.45, 2.75) is 63.9 Å². The number of aryl methyl sites for hydroxylation is 3. The van der Waals surface area contributed by atoms with Gasteiger partial charge in [-0.15, -0.1) is 11.3 Å². The van der Waals surface area contributed by atoms with E-state index < -0.39 is 0 Å². The average molecular weight is 376 g/mol. The monoisotopic (exact) mass is 375 g/mol. The van der Waals surface area contributed by atoms with Crippen molar-refractivity contribution in [1.29, 1.82) is 0 Å². The summed E-state index contributed by atoms with van der Waals surface area (Å²) in [6.07, 6.45) is 4.42. The van der Waals surface area contributed by atoms with E-state index in [1.165, 1.54) is 18.4 Å². The topological polar surface area (TPSA) is 60.9 Å². The van der Waals surface area contributed by atoms with Crippen LogP contribution in [0.5, 0.6) is 0 Å². The summed E-state index contributed by atoms with van der Waals surface area (Å²) < 4.78 is 7.27. The van der Waals surface area contributed by atoms with Crippen LogP contribution in [0.3, 0.4) is 0 Å². The first-order valence-corrected chi connectivity index (χ1v) is 10.5. The number of hydrogen-bond acceptors (Lipinski definition) is 6. The third-order valence-corrected chi connectivity index (χ3v) is 7.03. The molecule has 7 heteroatoms. The summed E-state index contributed by atoms with van der Waals surface area (Å²) in [6, 6.07) is 0. The Hall–Kier alpha value is -1.60. The van der Waals surface area contributed by atoms with E-state index in [1.54, 1.807) is 27.7 Å². The van der Waals surface area contributed by atoms with Gasteiger partial charge >= 0.3 is 0 Å². The predicted molar refractivity (Wildman–Crippen MR) is 102 cm³/mol. The van der Waals surface area contributed by atoms with E-state index >= 15 is 0 Å². The van der Waals surface area contributed by atoms with Crippen molar-refractivity contribution in [3.8, 4) is 0 Å². The summed E-state index contributed by atoms with van der Waals surface area (Å²) in [5.74, 6) is 1.74. The van der Waals surface area contributed by atoms with E-state index in [0.29, 0.717) is 12.3 Å². The van der Waals surface area contributed by atoms with Crippen molar-refractivity contribution in [3.05, 3.63) is 37.8 Å². The highest BCUT2D eigenvalue weighted by atomic mass is 32.2. The maximum Gasteiger partial charge on any atom is 0.263 e. The number of hydrogen-bond donors (Lipinski definition) is 0. The van der Waals surface area contributed by atoms with Gasteiger partial charge in [-0.2, -0.15) is 0 Å². The molecule has 0 atom stereocenters. The average Bonchev–Trinajstić information content (AvgIpc) is 3.14. The maximum absolute atomic E-state index is 12.9. The summed E-state index contributed by atoms with van der Waals surface area (Å²) in [4.78, 5) is 19.7. The fourth-order valence-corrected chi connectivity index (χ4v) is 5.49. The van der Waals surface area contributed by atoms with E-state index in [4.69, 9.17) is 9.51 Å². The van der Waals surface area contributed by atoms with E-state index in [2.05, 4.69) is 5.16 Å². The highest BCUT2D eigenvalue weighted by Crippen LogP contribution is 2.31. The molecule has 4 rings (SSSR count). The molecule has 0 spiro atoms. The molecule has 0 unspecified atom stereocenters. The normalized spacial score (nSPS) is 14.2. The minimum atomic E-state index is 0.0685.